The normalized spacial score (nSPS) is 11.9. The predicted molar refractivity (Wildman–Crippen MR) is 159 cm³/mol. The van der Waals surface area contributed by atoms with Gasteiger partial charge < -0.3 is 15.0 Å². The fraction of sp³-hybridized carbons (Fsp3) is 0.355. The standard InChI is InChI=1S/C31H39N3O5S/c1-6-18-32-31(36)29(20-25-13-8-7-9-14-25)33(21-26-15-11-16-27(19-26)39-4)30(35)22-34(40(5,37)38)28-17-10-12-23(2)24(28)3/h7-17,19,29H,6,18,20-22H2,1-5H3,(H,32,36)/t29-/m0/s1. The van der Waals surface area contributed by atoms with Crippen molar-refractivity contribution in [1.82, 2.24) is 10.2 Å². The van der Waals surface area contributed by atoms with Crippen molar-refractivity contribution < 1.29 is 22.7 Å². The highest BCUT2D eigenvalue weighted by Gasteiger charge is 2.33. The summed E-state index contributed by atoms with van der Waals surface area (Å²) in [5, 5.41) is 2.94. The largest absolute Gasteiger partial charge is 0.497 e. The van der Waals surface area contributed by atoms with Gasteiger partial charge in [0.25, 0.3) is 0 Å². The van der Waals surface area contributed by atoms with Crippen molar-refractivity contribution in [3.8, 4) is 5.75 Å². The zero-order valence-electron chi connectivity index (χ0n) is 23.9. The quantitative estimate of drug-likeness (QED) is 0.334. The van der Waals surface area contributed by atoms with Gasteiger partial charge in [0.2, 0.25) is 21.8 Å². The molecule has 40 heavy (non-hydrogen) atoms. The third-order valence-corrected chi connectivity index (χ3v) is 7.96. The fourth-order valence-corrected chi connectivity index (χ4v) is 5.39. The molecule has 0 saturated carbocycles. The highest BCUT2D eigenvalue weighted by Crippen LogP contribution is 2.26. The van der Waals surface area contributed by atoms with Gasteiger partial charge in [-0.1, -0.05) is 61.5 Å². The first-order chi connectivity index (χ1) is 19.0. The number of ether oxygens (including phenoxy) is 1. The molecule has 8 nitrogen and oxygen atoms in total. The second-order valence-corrected chi connectivity index (χ2v) is 11.8. The number of sulfonamides is 1. The Labute approximate surface area is 238 Å². The van der Waals surface area contributed by atoms with Crippen LogP contribution in [0.4, 0.5) is 5.69 Å². The van der Waals surface area contributed by atoms with E-state index >= 15 is 0 Å². The van der Waals surface area contributed by atoms with Crippen molar-refractivity contribution in [2.45, 2.75) is 46.2 Å². The third-order valence-electron chi connectivity index (χ3n) is 6.83. The van der Waals surface area contributed by atoms with Crippen molar-refractivity contribution in [3.63, 3.8) is 0 Å². The third kappa shape index (κ3) is 8.08. The Morgan fingerprint density at radius 2 is 1.62 bits per heavy atom. The molecule has 214 valence electrons. The fourth-order valence-electron chi connectivity index (χ4n) is 4.49. The topological polar surface area (TPSA) is 96.0 Å². The molecule has 0 saturated heterocycles. The summed E-state index contributed by atoms with van der Waals surface area (Å²) in [5.41, 5.74) is 3.75. The van der Waals surface area contributed by atoms with E-state index in [1.165, 1.54) is 4.90 Å². The van der Waals surface area contributed by atoms with E-state index in [1.807, 2.05) is 75.4 Å². The minimum atomic E-state index is -3.82. The first-order valence-corrected chi connectivity index (χ1v) is 15.2. The summed E-state index contributed by atoms with van der Waals surface area (Å²) in [6, 6.07) is 21.3. The second-order valence-electron chi connectivity index (χ2n) is 9.86. The number of amides is 2. The molecule has 0 heterocycles. The Hall–Kier alpha value is -3.85. The summed E-state index contributed by atoms with van der Waals surface area (Å²) >= 11 is 0. The molecule has 0 aliphatic heterocycles. The van der Waals surface area contributed by atoms with Crippen molar-refractivity contribution in [2.24, 2.45) is 0 Å². The molecule has 0 bridgehead atoms. The van der Waals surface area contributed by atoms with Crippen LogP contribution >= 0.6 is 0 Å². The van der Waals surface area contributed by atoms with Crippen LogP contribution in [0.5, 0.6) is 5.75 Å². The first-order valence-electron chi connectivity index (χ1n) is 13.3. The van der Waals surface area contributed by atoms with Gasteiger partial charge in [0.15, 0.2) is 0 Å². The number of nitrogens with one attached hydrogen (secondary N) is 1. The van der Waals surface area contributed by atoms with Crippen LogP contribution in [-0.4, -0.2) is 57.6 Å². The molecule has 3 aromatic rings. The molecule has 9 heteroatoms. The zero-order valence-corrected chi connectivity index (χ0v) is 24.7. The van der Waals surface area contributed by atoms with Crippen molar-refractivity contribution in [2.75, 3.05) is 30.8 Å². The lowest BCUT2D eigenvalue weighted by atomic mass is 10.0. The van der Waals surface area contributed by atoms with Crippen molar-refractivity contribution in [3.05, 3.63) is 95.1 Å². The van der Waals surface area contributed by atoms with Gasteiger partial charge in [-0.05, 0) is 60.7 Å². The van der Waals surface area contributed by atoms with Gasteiger partial charge in [0.05, 0.1) is 19.1 Å². The maximum absolute atomic E-state index is 14.1. The molecule has 0 fully saturated rings. The van der Waals surface area contributed by atoms with Crippen LogP contribution in [0.15, 0.2) is 72.8 Å². The Morgan fingerprint density at radius 1 is 0.950 bits per heavy atom. The summed E-state index contributed by atoms with van der Waals surface area (Å²) in [6.45, 7) is 5.79. The molecular weight excluding hydrogens is 526 g/mol. The Bertz CT molecular complexity index is 1410. The lowest BCUT2D eigenvalue weighted by molar-refractivity contribution is -0.140. The number of hydrogen-bond acceptors (Lipinski definition) is 5. The summed E-state index contributed by atoms with van der Waals surface area (Å²) in [5.74, 6) is -0.158. The van der Waals surface area contributed by atoms with Crippen LogP contribution in [0.2, 0.25) is 0 Å². The molecule has 0 unspecified atom stereocenters. The van der Waals surface area contributed by atoms with Crippen LogP contribution in [0.25, 0.3) is 0 Å². The van der Waals surface area contributed by atoms with Crippen molar-refractivity contribution >= 4 is 27.5 Å². The van der Waals surface area contributed by atoms with E-state index in [-0.39, 0.29) is 18.9 Å². The van der Waals surface area contributed by atoms with Gasteiger partial charge in [-0.15, -0.1) is 0 Å². The maximum Gasteiger partial charge on any atom is 0.244 e. The van der Waals surface area contributed by atoms with Crippen molar-refractivity contribution in [1.29, 1.82) is 0 Å². The van der Waals surface area contributed by atoms with E-state index in [1.54, 1.807) is 25.3 Å². The molecule has 0 aliphatic rings. The van der Waals surface area contributed by atoms with Crippen LogP contribution < -0.4 is 14.4 Å². The Balaban J connectivity index is 2.08. The number of aryl methyl sites for hydroxylation is 1. The molecule has 2 amide bonds. The van der Waals surface area contributed by atoms with Crippen LogP contribution in [-0.2, 0) is 32.6 Å². The van der Waals surface area contributed by atoms with Gasteiger partial charge in [-0.25, -0.2) is 8.42 Å². The van der Waals surface area contributed by atoms with Gasteiger partial charge in [0.1, 0.15) is 18.3 Å². The number of hydrogen-bond donors (Lipinski definition) is 1. The van der Waals surface area contributed by atoms with Crippen LogP contribution in [0, 0.1) is 13.8 Å². The summed E-state index contributed by atoms with van der Waals surface area (Å²) in [7, 11) is -2.26. The molecule has 0 aliphatic carbocycles. The van der Waals surface area contributed by atoms with E-state index in [9.17, 15) is 18.0 Å². The van der Waals surface area contributed by atoms with Gasteiger partial charge in [0, 0.05) is 19.5 Å². The molecule has 1 atom stereocenters. The van der Waals surface area contributed by atoms with Crippen LogP contribution in [0.1, 0.15) is 35.6 Å². The second kappa shape index (κ2) is 14.0. The number of methoxy groups -OCH3 is 1. The minimum Gasteiger partial charge on any atom is -0.497 e. The smallest absolute Gasteiger partial charge is 0.244 e. The highest BCUT2D eigenvalue weighted by atomic mass is 32.2. The molecule has 1 N–H and O–H groups in total. The summed E-state index contributed by atoms with van der Waals surface area (Å²) < 4.78 is 32.5. The lowest BCUT2D eigenvalue weighted by Gasteiger charge is -2.34. The Kier molecular flexibility index (Phi) is 10.7. The number of nitrogens with zero attached hydrogens (tertiary/aromatic N) is 2. The average molecular weight is 566 g/mol. The van der Waals surface area contributed by atoms with E-state index in [4.69, 9.17) is 4.74 Å². The Morgan fingerprint density at radius 3 is 2.27 bits per heavy atom. The SMILES string of the molecule is CCCNC(=O)[C@H](Cc1ccccc1)N(Cc1cccc(OC)c1)C(=O)CN(c1cccc(C)c1C)S(C)(=O)=O. The molecule has 3 rings (SSSR count). The van der Waals surface area contributed by atoms with Gasteiger partial charge in [-0.2, -0.15) is 0 Å². The maximum atomic E-state index is 14.1. The molecule has 0 aromatic heterocycles. The summed E-state index contributed by atoms with van der Waals surface area (Å²) in [4.78, 5) is 29.2. The van der Waals surface area contributed by atoms with Crippen LogP contribution in [0.3, 0.4) is 0 Å². The van der Waals surface area contributed by atoms with E-state index < -0.39 is 28.5 Å². The number of carbonyl (C=O) groups is 2. The predicted octanol–water partition coefficient (Wildman–Crippen LogP) is 4.24. The number of carbonyl (C=O) groups excluding carboxylic acids is 2. The molecule has 3 aromatic carbocycles. The van der Waals surface area contributed by atoms with Gasteiger partial charge >= 0.3 is 0 Å². The summed E-state index contributed by atoms with van der Waals surface area (Å²) in [6.07, 6.45) is 2.10. The number of rotatable bonds is 13. The highest BCUT2D eigenvalue weighted by molar-refractivity contribution is 7.92. The zero-order chi connectivity index (χ0) is 29.3. The molecular formula is C31H39N3O5S. The number of anilines is 1. The molecule has 0 radical (unpaired) electrons. The van der Waals surface area contributed by atoms with E-state index in [0.29, 0.717) is 18.0 Å². The van der Waals surface area contributed by atoms with E-state index in [0.717, 1.165) is 39.2 Å². The average Bonchev–Trinajstić information content (AvgIpc) is 2.94. The van der Waals surface area contributed by atoms with E-state index in [2.05, 4.69) is 5.32 Å². The minimum absolute atomic E-state index is 0.0947. The number of benzene rings is 3. The monoisotopic (exact) mass is 565 g/mol. The van der Waals surface area contributed by atoms with Gasteiger partial charge in [-0.3, -0.25) is 13.9 Å². The lowest BCUT2D eigenvalue weighted by Crippen LogP contribution is -2.53. The first kappa shape index (κ1) is 30.7. The molecule has 0 spiro atoms.